The van der Waals surface area contributed by atoms with Gasteiger partial charge in [-0.25, -0.2) is 4.79 Å². The van der Waals surface area contributed by atoms with Crippen molar-refractivity contribution < 1.29 is 9.53 Å². The summed E-state index contributed by atoms with van der Waals surface area (Å²) in [6.07, 6.45) is 5.29. The molecule has 2 aromatic heterocycles. The summed E-state index contributed by atoms with van der Waals surface area (Å²) in [5.41, 5.74) is 7.59. The van der Waals surface area contributed by atoms with Gasteiger partial charge in [0, 0.05) is 31.0 Å². The molecule has 2 heterocycles. The Labute approximate surface area is 111 Å². The summed E-state index contributed by atoms with van der Waals surface area (Å²) in [4.78, 5) is 12.0. The van der Waals surface area contributed by atoms with E-state index < -0.39 is 0 Å². The Bertz CT molecular complexity index is 571. The average Bonchev–Trinajstić information content (AvgIpc) is 3.01. The normalized spacial score (nSPS) is 10.6. The smallest absolute Gasteiger partial charge is 0.355 e. The molecule has 0 aromatic carbocycles. The van der Waals surface area contributed by atoms with Crippen molar-refractivity contribution in [3.05, 3.63) is 35.9 Å². The predicted molar refractivity (Wildman–Crippen MR) is 71.5 cm³/mol. The fraction of sp³-hybridized carbons (Fsp3) is 0.385. The molecule has 0 bridgehead atoms. The van der Waals surface area contributed by atoms with Gasteiger partial charge in [-0.15, -0.1) is 0 Å². The molecule has 0 saturated carbocycles. The number of carbonyl (C=O) groups is 1. The Morgan fingerprint density at radius 3 is 2.79 bits per heavy atom. The van der Waals surface area contributed by atoms with Crippen LogP contribution in [0.15, 0.2) is 24.7 Å². The third-order valence-electron chi connectivity index (χ3n) is 2.85. The number of aryl methyl sites for hydroxylation is 2. The lowest BCUT2D eigenvalue weighted by molar-refractivity contribution is 0.0460. The summed E-state index contributed by atoms with van der Waals surface area (Å²) in [6.45, 7) is 5.63. The zero-order chi connectivity index (χ0) is 13.8. The standard InChI is InChI=1S/C13H18N4O2/c1-3-16-8-11(14)5-12(16)13(18)19-9-10-6-15-17(4-2)7-10/h5-8H,3-4,9,14H2,1-2H3. The van der Waals surface area contributed by atoms with Gasteiger partial charge in [-0.2, -0.15) is 5.10 Å². The lowest BCUT2D eigenvalue weighted by atomic mass is 10.4. The van der Waals surface area contributed by atoms with Crippen LogP contribution in [0.3, 0.4) is 0 Å². The van der Waals surface area contributed by atoms with E-state index in [4.69, 9.17) is 10.5 Å². The van der Waals surface area contributed by atoms with Crippen LogP contribution < -0.4 is 5.73 Å². The van der Waals surface area contributed by atoms with E-state index in [0.717, 1.165) is 12.1 Å². The highest BCUT2D eigenvalue weighted by atomic mass is 16.5. The first-order chi connectivity index (χ1) is 9.13. The Balaban J connectivity index is 2.00. The first-order valence-electron chi connectivity index (χ1n) is 6.28. The van der Waals surface area contributed by atoms with Gasteiger partial charge in [-0.05, 0) is 19.9 Å². The maximum atomic E-state index is 12.0. The summed E-state index contributed by atoms with van der Waals surface area (Å²) in [6, 6.07) is 1.63. The van der Waals surface area contributed by atoms with Crippen LogP contribution in [0.5, 0.6) is 0 Å². The summed E-state index contributed by atoms with van der Waals surface area (Å²) in [5.74, 6) is -0.372. The molecular weight excluding hydrogens is 244 g/mol. The van der Waals surface area contributed by atoms with Gasteiger partial charge in [0.15, 0.2) is 0 Å². The van der Waals surface area contributed by atoms with Crippen molar-refractivity contribution >= 4 is 11.7 Å². The molecule has 0 unspecified atom stereocenters. The molecule has 0 radical (unpaired) electrons. The van der Waals surface area contributed by atoms with E-state index in [1.807, 2.05) is 20.0 Å². The number of anilines is 1. The van der Waals surface area contributed by atoms with E-state index in [2.05, 4.69) is 5.10 Å². The van der Waals surface area contributed by atoms with Crippen molar-refractivity contribution in [3.63, 3.8) is 0 Å². The van der Waals surface area contributed by atoms with Crippen molar-refractivity contribution in [2.24, 2.45) is 0 Å². The lowest BCUT2D eigenvalue weighted by Crippen LogP contribution is -2.10. The first kappa shape index (κ1) is 13.2. The lowest BCUT2D eigenvalue weighted by Gasteiger charge is -2.05. The zero-order valence-corrected chi connectivity index (χ0v) is 11.2. The monoisotopic (exact) mass is 262 g/mol. The molecule has 6 heteroatoms. The molecule has 0 amide bonds. The number of nitrogens with zero attached hydrogens (tertiary/aromatic N) is 3. The van der Waals surface area contributed by atoms with Gasteiger partial charge in [-0.1, -0.05) is 0 Å². The highest BCUT2D eigenvalue weighted by Crippen LogP contribution is 2.13. The third kappa shape index (κ3) is 2.96. The molecule has 2 N–H and O–H groups in total. The molecule has 0 saturated heterocycles. The van der Waals surface area contributed by atoms with Crippen LogP contribution in [-0.2, 0) is 24.4 Å². The van der Waals surface area contributed by atoms with Gasteiger partial charge in [0.2, 0.25) is 0 Å². The van der Waals surface area contributed by atoms with Gasteiger partial charge in [0.25, 0.3) is 0 Å². The maximum absolute atomic E-state index is 12.0. The van der Waals surface area contributed by atoms with Crippen molar-refractivity contribution in [1.82, 2.24) is 14.3 Å². The van der Waals surface area contributed by atoms with Crippen molar-refractivity contribution in [3.8, 4) is 0 Å². The minimum atomic E-state index is -0.372. The number of nitrogens with two attached hydrogens (primary N) is 1. The molecular formula is C13H18N4O2. The van der Waals surface area contributed by atoms with Gasteiger partial charge in [0.1, 0.15) is 12.3 Å². The van der Waals surface area contributed by atoms with Gasteiger partial charge < -0.3 is 15.0 Å². The quantitative estimate of drug-likeness (QED) is 0.831. The second-order valence-corrected chi connectivity index (χ2v) is 4.23. The molecule has 0 spiro atoms. The number of hydrogen-bond acceptors (Lipinski definition) is 4. The Kier molecular flexibility index (Phi) is 3.89. The van der Waals surface area contributed by atoms with E-state index >= 15 is 0 Å². The molecule has 6 nitrogen and oxygen atoms in total. The number of hydrogen-bond donors (Lipinski definition) is 1. The maximum Gasteiger partial charge on any atom is 0.355 e. The first-order valence-corrected chi connectivity index (χ1v) is 6.28. The molecule has 0 aliphatic carbocycles. The minimum Gasteiger partial charge on any atom is -0.456 e. The molecule has 0 atom stereocenters. The van der Waals surface area contributed by atoms with Gasteiger partial charge >= 0.3 is 5.97 Å². The van der Waals surface area contributed by atoms with Crippen LogP contribution in [0.2, 0.25) is 0 Å². The largest absolute Gasteiger partial charge is 0.456 e. The average molecular weight is 262 g/mol. The Hall–Kier alpha value is -2.24. The summed E-state index contributed by atoms with van der Waals surface area (Å²) in [7, 11) is 0. The zero-order valence-electron chi connectivity index (χ0n) is 11.2. The minimum absolute atomic E-state index is 0.216. The molecule has 19 heavy (non-hydrogen) atoms. The third-order valence-corrected chi connectivity index (χ3v) is 2.85. The van der Waals surface area contributed by atoms with Crippen molar-refractivity contribution in [2.75, 3.05) is 5.73 Å². The van der Waals surface area contributed by atoms with E-state index in [1.165, 1.54) is 0 Å². The SMILES string of the molecule is CCn1cc(COC(=O)c2cc(N)cn2CC)cn1. The number of carbonyl (C=O) groups excluding carboxylic acids is 1. The summed E-state index contributed by atoms with van der Waals surface area (Å²) < 4.78 is 8.82. The Morgan fingerprint density at radius 2 is 2.16 bits per heavy atom. The number of ether oxygens (including phenoxy) is 1. The van der Waals surface area contributed by atoms with Crippen LogP contribution in [0.25, 0.3) is 0 Å². The van der Waals surface area contributed by atoms with Crippen LogP contribution in [0, 0.1) is 0 Å². The second-order valence-electron chi connectivity index (χ2n) is 4.23. The summed E-state index contributed by atoms with van der Waals surface area (Å²) in [5, 5.41) is 4.12. The van der Waals surface area contributed by atoms with Crippen LogP contribution >= 0.6 is 0 Å². The number of nitrogen functional groups attached to an aromatic ring is 1. The fourth-order valence-electron chi connectivity index (χ4n) is 1.84. The summed E-state index contributed by atoms with van der Waals surface area (Å²) >= 11 is 0. The molecule has 0 aliphatic heterocycles. The Morgan fingerprint density at radius 1 is 1.37 bits per heavy atom. The van der Waals surface area contributed by atoms with E-state index in [9.17, 15) is 4.79 Å². The molecule has 2 rings (SSSR count). The molecule has 0 fully saturated rings. The predicted octanol–water partition coefficient (Wildman–Crippen LogP) is 1.66. The van der Waals surface area contributed by atoms with E-state index in [1.54, 1.807) is 27.7 Å². The van der Waals surface area contributed by atoms with E-state index in [-0.39, 0.29) is 12.6 Å². The van der Waals surface area contributed by atoms with Crippen molar-refractivity contribution in [2.45, 2.75) is 33.5 Å². The van der Waals surface area contributed by atoms with Gasteiger partial charge in [-0.3, -0.25) is 4.68 Å². The van der Waals surface area contributed by atoms with Gasteiger partial charge in [0.05, 0.1) is 11.9 Å². The number of esters is 1. The van der Waals surface area contributed by atoms with E-state index in [0.29, 0.717) is 17.9 Å². The van der Waals surface area contributed by atoms with Crippen LogP contribution in [0.1, 0.15) is 29.9 Å². The molecule has 0 aliphatic rings. The highest BCUT2D eigenvalue weighted by Gasteiger charge is 2.14. The topological polar surface area (TPSA) is 75.1 Å². The van der Waals surface area contributed by atoms with Crippen molar-refractivity contribution in [1.29, 1.82) is 0 Å². The highest BCUT2D eigenvalue weighted by molar-refractivity contribution is 5.89. The number of rotatable bonds is 5. The van der Waals surface area contributed by atoms with Crippen LogP contribution in [-0.4, -0.2) is 20.3 Å². The molecule has 2 aromatic rings. The molecule has 102 valence electrons. The second kappa shape index (κ2) is 5.60. The fourth-order valence-corrected chi connectivity index (χ4v) is 1.84. The van der Waals surface area contributed by atoms with Crippen LogP contribution in [0.4, 0.5) is 5.69 Å². The number of aromatic nitrogens is 3.